The van der Waals surface area contributed by atoms with Crippen molar-refractivity contribution in [3.8, 4) is 0 Å². The Labute approximate surface area is 150 Å². The van der Waals surface area contributed by atoms with Gasteiger partial charge in [0.1, 0.15) is 23.1 Å². The van der Waals surface area contributed by atoms with Gasteiger partial charge in [-0.25, -0.2) is 19.6 Å². The lowest BCUT2D eigenvalue weighted by Crippen LogP contribution is -2.35. The fourth-order valence-electron chi connectivity index (χ4n) is 4.22. The zero-order valence-electron chi connectivity index (χ0n) is 14.5. The first-order chi connectivity index (χ1) is 12.7. The van der Waals surface area contributed by atoms with Crippen LogP contribution in [0.25, 0.3) is 11.2 Å². The maximum Gasteiger partial charge on any atom is 0.182 e. The molecule has 1 aliphatic heterocycles. The van der Waals surface area contributed by atoms with E-state index in [4.69, 9.17) is 0 Å². The Bertz CT molecular complexity index is 904. The molecule has 3 aromatic rings. The van der Waals surface area contributed by atoms with Crippen LogP contribution in [0.3, 0.4) is 0 Å². The van der Waals surface area contributed by atoms with E-state index in [1.165, 1.54) is 0 Å². The first kappa shape index (κ1) is 15.7. The standard InChI is InChI=1S/C17H22N8O/c26-17(5-1-2-6-17)13-9-25(23-22-13)12-3-7-24(8-4-12)16-14-15(19-10-18-14)20-11-21-16/h9-12,26H,1-8H2,(H,18,19,20,21). The summed E-state index contributed by atoms with van der Waals surface area (Å²) in [6.45, 7) is 1.77. The average molecular weight is 354 g/mol. The zero-order valence-corrected chi connectivity index (χ0v) is 14.5. The molecule has 0 atom stereocenters. The molecule has 4 heterocycles. The molecule has 9 heteroatoms. The Morgan fingerprint density at radius 2 is 1.92 bits per heavy atom. The minimum Gasteiger partial charge on any atom is -0.383 e. The summed E-state index contributed by atoms with van der Waals surface area (Å²) in [5, 5.41) is 19.3. The van der Waals surface area contributed by atoms with E-state index in [-0.39, 0.29) is 0 Å². The number of hydrogen-bond donors (Lipinski definition) is 2. The third-order valence-electron chi connectivity index (χ3n) is 5.76. The van der Waals surface area contributed by atoms with Crippen LogP contribution in [0.2, 0.25) is 0 Å². The third-order valence-corrected chi connectivity index (χ3v) is 5.76. The molecule has 2 N–H and O–H groups in total. The first-order valence-corrected chi connectivity index (χ1v) is 9.27. The lowest BCUT2D eigenvalue weighted by molar-refractivity contribution is 0.0398. The summed E-state index contributed by atoms with van der Waals surface area (Å²) in [5.74, 6) is 0.908. The first-order valence-electron chi connectivity index (χ1n) is 9.27. The lowest BCUT2D eigenvalue weighted by Gasteiger charge is -2.32. The predicted molar refractivity (Wildman–Crippen MR) is 94.6 cm³/mol. The largest absolute Gasteiger partial charge is 0.383 e. The molecule has 0 bridgehead atoms. The summed E-state index contributed by atoms with van der Waals surface area (Å²) in [6.07, 6.45) is 10.8. The van der Waals surface area contributed by atoms with Gasteiger partial charge in [-0.15, -0.1) is 5.10 Å². The maximum atomic E-state index is 10.7. The van der Waals surface area contributed by atoms with E-state index in [9.17, 15) is 5.11 Å². The Morgan fingerprint density at radius 3 is 2.73 bits per heavy atom. The molecular formula is C17H22N8O. The number of rotatable bonds is 3. The summed E-state index contributed by atoms with van der Waals surface area (Å²) >= 11 is 0. The topological polar surface area (TPSA) is 109 Å². The smallest absolute Gasteiger partial charge is 0.182 e. The molecule has 9 nitrogen and oxygen atoms in total. The fraction of sp³-hybridized carbons (Fsp3) is 0.588. The third kappa shape index (κ3) is 2.54. The second kappa shape index (κ2) is 6.01. The van der Waals surface area contributed by atoms with E-state index < -0.39 is 5.60 Å². The number of aromatic nitrogens is 7. The van der Waals surface area contributed by atoms with Crippen LogP contribution in [0.15, 0.2) is 18.9 Å². The van der Waals surface area contributed by atoms with Crippen LogP contribution >= 0.6 is 0 Å². The van der Waals surface area contributed by atoms with Crippen LogP contribution in [0.4, 0.5) is 5.82 Å². The van der Waals surface area contributed by atoms with E-state index >= 15 is 0 Å². The zero-order chi connectivity index (χ0) is 17.6. The summed E-state index contributed by atoms with van der Waals surface area (Å²) in [4.78, 5) is 18.2. The number of anilines is 1. The minimum absolute atomic E-state index is 0.302. The summed E-state index contributed by atoms with van der Waals surface area (Å²) in [7, 11) is 0. The Balaban J connectivity index is 1.30. The molecule has 0 spiro atoms. The molecule has 2 aliphatic rings. The van der Waals surface area contributed by atoms with E-state index in [0.717, 1.165) is 68.6 Å². The van der Waals surface area contributed by atoms with Crippen LogP contribution in [0.5, 0.6) is 0 Å². The monoisotopic (exact) mass is 354 g/mol. The molecule has 3 aromatic heterocycles. The van der Waals surface area contributed by atoms with Gasteiger partial charge in [-0.1, -0.05) is 18.1 Å². The summed E-state index contributed by atoms with van der Waals surface area (Å²) < 4.78 is 1.94. The highest BCUT2D eigenvalue weighted by Gasteiger charge is 2.36. The van der Waals surface area contributed by atoms with Crippen LogP contribution in [-0.4, -0.2) is 53.1 Å². The van der Waals surface area contributed by atoms with Crippen LogP contribution in [0.1, 0.15) is 50.3 Å². The molecule has 1 saturated heterocycles. The van der Waals surface area contributed by atoms with Crippen molar-refractivity contribution < 1.29 is 5.11 Å². The number of fused-ring (bicyclic) bond motifs is 1. The van der Waals surface area contributed by atoms with Gasteiger partial charge in [-0.3, -0.25) is 0 Å². The van der Waals surface area contributed by atoms with E-state index in [1.54, 1.807) is 12.7 Å². The van der Waals surface area contributed by atoms with Crippen molar-refractivity contribution in [2.24, 2.45) is 0 Å². The van der Waals surface area contributed by atoms with Crippen molar-refractivity contribution in [2.45, 2.75) is 50.2 Å². The quantitative estimate of drug-likeness (QED) is 0.734. The van der Waals surface area contributed by atoms with Gasteiger partial charge in [0.15, 0.2) is 11.5 Å². The number of aliphatic hydroxyl groups is 1. The second-order valence-electron chi connectivity index (χ2n) is 7.34. The van der Waals surface area contributed by atoms with Crippen molar-refractivity contribution in [1.29, 1.82) is 0 Å². The summed E-state index contributed by atoms with van der Waals surface area (Å²) in [5.41, 5.74) is 1.54. The molecule has 0 aromatic carbocycles. The van der Waals surface area contributed by atoms with Crippen molar-refractivity contribution >= 4 is 17.0 Å². The highest BCUT2D eigenvalue weighted by molar-refractivity contribution is 5.82. The van der Waals surface area contributed by atoms with Crippen molar-refractivity contribution in [2.75, 3.05) is 18.0 Å². The molecule has 26 heavy (non-hydrogen) atoms. The van der Waals surface area contributed by atoms with Gasteiger partial charge in [-0.2, -0.15) is 0 Å². The molecule has 5 rings (SSSR count). The Morgan fingerprint density at radius 1 is 1.12 bits per heavy atom. The Kier molecular flexibility index (Phi) is 3.63. The number of nitrogens with one attached hydrogen (secondary N) is 1. The van der Waals surface area contributed by atoms with Crippen LogP contribution < -0.4 is 4.90 Å². The molecule has 1 aliphatic carbocycles. The Hall–Kier alpha value is -2.55. The highest BCUT2D eigenvalue weighted by atomic mass is 16.3. The van der Waals surface area contributed by atoms with Gasteiger partial charge in [0.2, 0.25) is 0 Å². The van der Waals surface area contributed by atoms with Crippen molar-refractivity contribution in [1.82, 2.24) is 34.9 Å². The van der Waals surface area contributed by atoms with Crippen molar-refractivity contribution in [3.63, 3.8) is 0 Å². The van der Waals surface area contributed by atoms with Crippen LogP contribution in [0, 0.1) is 0 Å². The normalized spacial score (nSPS) is 20.9. The van der Waals surface area contributed by atoms with Gasteiger partial charge >= 0.3 is 0 Å². The number of hydrogen-bond acceptors (Lipinski definition) is 7. The van der Waals surface area contributed by atoms with Gasteiger partial charge in [0.25, 0.3) is 0 Å². The van der Waals surface area contributed by atoms with Crippen molar-refractivity contribution in [3.05, 3.63) is 24.5 Å². The van der Waals surface area contributed by atoms with Crippen LogP contribution in [-0.2, 0) is 5.60 Å². The number of imidazole rings is 1. The molecule has 1 saturated carbocycles. The fourth-order valence-corrected chi connectivity index (χ4v) is 4.22. The molecule has 0 unspecified atom stereocenters. The molecule has 0 radical (unpaired) electrons. The molecule has 136 valence electrons. The van der Waals surface area contributed by atoms with Gasteiger partial charge in [-0.05, 0) is 25.7 Å². The van der Waals surface area contributed by atoms with E-state index in [0.29, 0.717) is 11.7 Å². The van der Waals surface area contributed by atoms with Gasteiger partial charge in [0, 0.05) is 13.1 Å². The van der Waals surface area contributed by atoms with Gasteiger partial charge < -0.3 is 15.0 Å². The average Bonchev–Trinajstić information content (AvgIpc) is 3.42. The van der Waals surface area contributed by atoms with E-state index in [2.05, 4.69) is 35.1 Å². The second-order valence-corrected chi connectivity index (χ2v) is 7.34. The number of H-pyrrole nitrogens is 1. The summed E-state index contributed by atoms with van der Waals surface area (Å²) in [6, 6.07) is 0.302. The SMILES string of the molecule is OC1(c2cn(C3CCN(c4ncnc5nc[nH]c45)CC3)nn2)CCCC1. The minimum atomic E-state index is -0.772. The maximum absolute atomic E-state index is 10.7. The number of aromatic amines is 1. The van der Waals surface area contributed by atoms with E-state index in [1.807, 2.05) is 10.9 Å². The number of nitrogens with zero attached hydrogens (tertiary/aromatic N) is 7. The highest BCUT2D eigenvalue weighted by Crippen LogP contribution is 2.38. The molecule has 2 fully saturated rings. The predicted octanol–water partition coefficient (Wildman–Crippen LogP) is 1.55. The molecular weight excluding hydrogens is 332 g/mol. The van der Waals surface area contributed by atoms with Gasteiger partial charge in [0.05, 0.1) is 18.6 Å². The lowest BCUT2D eigenvalue weighted by atomic mass is 9.99. The molecule has 0 amide bonds. The number of piperidine rings is 1.